The molecular formula is C9H14ClNO2. The van der Waals surface area contributed by atoms with Crippen LogP contribution in [-0.2, 0) is 4.79 Å². The van der Waals surface area contributed by atoms with Crippen LogP contribution in [0.5, 0.6) is 0 Å². The van der Waals surface area contributed by atoms with Gasteiger partial charge in [-0.2, -0.15) is 0 Å². The lowest BCUT2D eigenvalue weighted by Crippen LogP contribution is -2.38. The van der Waals surface area contributed by atoms with Gasteiger partial charge in [-0.3, -0.25) is 4.79 Å². The maximum Gasteiger partial charge on any atom is 0.262 e. The van der Waals surface area contributed by atoms with Gasteiger partial charge in [-0.1, -0.05) is 24.6 Å². The highest BCUT2D eigenvalue weighted by molar-refractivity contribution is 6.41. The Morgan fingerprint density at radius 3 is 2.85 bits per heavy atom. The number of halogens is 1. The van der Waals surface area contributed by atoms with Crippen molar-refractivity contribution < 1.29 is 9.90 Å². The molecule has 0 unspecified atom stereocenters. The molecule has 1 aliphatic carbocycles. The van der Waals surface area contributed by atoms with Gasteiger partial charge >= 0.3 is 0 Å². The van der Waals surface area contributed by atoms with Crippen LogP contribution in [0.4, 0.5) is 0 Å². The number of aliphatic hydroxyl groups is 1. The molecule has 2 atom stereocenters. The molecule has 0 radical (unpaired) electrons. The highest BCUT2D eigenvalue weighted by Crippen LogP contribution is 2.25. The third-order valence-electron chi connectivity index (χ3n) is 2.46. The predicted molar refractivity (Wildman–Crippen MR) is 51.4 cm³/mol. The van der Waals surface area contributed by atoms with Crippen molar-refractivity contribution in [3.63, 3.8) is 0 Å². The van der Waals surface area contributed by atoms with Crippen molar-refractivity contribution in [2.75, 3.05) is 6.61 Å². The van der Waals surface area contributed by atoms with Crippen LogP contribution in [0, 0.1) is 5.92 Å². The van der Waals surface area contributed by atoms with Crippen LogP contribution in [0.3, 0.4) is 0 Å². The molecular weight excluding hydrogens is 190 g/mol. The summed E-state index contributed by atoms with van der Waals surface area (Å²) in [6.45, 7) is 3.46. The normalized spacial score (nSPS) is 27.2. The first kappa shape index (κ1) is 10.5. The first-order valence-electron chi connectivity index (χ1n) is 4.41. The maximum absolute atomic E-state index is 11.1. The smallest absolute Gasteiger partial charge is 0.262 e. The second kappa shape index (κ2) is 4.63. The molecule has 0 heterocycles. The topological polar surface area (TPSA) is 49.3 Å². The van der Waals surface area contributed by atoms with E-state index in [4.69, 9.17) is 16.7 Å². The van der Waals surface area contributed by atoms with Gasteiger partial charge < -0.3 is 10.4 Å². The molecule has 74 valence electrons. The fourth-order valence-electron chi connectivity index (χ4n) is 1.69. The van der Waals surface area contributed by atoms with Gasteiger partial charge in [0.2, 0.25) is 0 Å². The van der Waals surface area contributed by atoms with E-state index in [9.17, 15) is 4.79 Å². The molecule has 0 aliphatic heterocycles. The van der Waals surface area contributed by atoms with E-state index < -0.39 is 0 Å². The molecule has 0 aromatic rings. The molecule has 1 amide bonds. The first-order valence-corrected chi connectivity index (χ1v) is 4.79. The van der Waals surface area contributed by atoms with Crippen molar-refractivity contribution in [2.45, 2.75) is 25.3 Å². The monoisotopic (exact) mass is 203 g/mol. The SMILES string of the molecule is C=C(Cl)C(=O)N[C@H]1CCC[C@H]1CO. The minimum Gasteiger partial charge on any atom is -0.396 e. The summed E-state index contributed by atoms with van der Waals surface area (Å²) in [4.78, 5) is 11.1. The summed E-state index contributed by atoms with van der Waals surface area (Å²) < 4.78 is 0. The highest BCUT2D eigenvalue weighted by Gasteiger charge is 2.27. The average molecular weight is 204 g/mol. The Morgan fingerprint density at radius 2 is 2.31 bits per heavy atom. The highest BCUT2D eigenvalue weighted by atomic mass is 35.5. The summed E-state index contributed by atoms with van der Waals surface area (Å²) in [5, 5.41) is 11.7. The Kier molecular flexibility index (Phi) is 3.75. The molecule has 0 saturated heterocycles. The van der Waals surface area contributed by atoms with E-state index in [2.05, 4.69) is 11.9 Å². The second-order valence-electron chi connectivity index (χ2n) is 3.36. The molecule has 13 heavy (non-hydrogen) atoms. The third kappa shape index (κ3) is 2.71. The summed E-state index contributed by atoms with van der Waals surface area (Å²) in [6.07, 6.45) is 2.93. The summed E-state index contributed by atoms with van der Waals surface area (Å²) in [5.74, 6) is -0.146. The number of hydrogen-bond donors (Lipinski definition) is 2. The van der Waals surface area contributed by atoms with Crippen molar-refractivity contribution in [2.24, 2.45) is 5.92 Å². The maximum atomic E-state index is 11.1. The summed E-state index contributed by atoms with van der Waals surface area (Å²) in [6, 6.07) is 0.0630. The van der Waals surface area contributed by atoms with Crippen molar-refractivity contribution in [1.82, 2.24) is 5.32 Å². The van der Waals surface area contributed by atoms with Crippen LogP contribution in [0.2, 0.25) is 0 Å². The molecule has 2 N–H and O–H groups in total. The molecule has 4 heteroatoms. The molecule has 0 bridgehead atoms. The first-order chi connectivity index (χ1) is 6.15. The lowest BCUT2D eigenvalue weighted by molar-refractivity contribution is -0.117. The molecule has 1 rings (SSSR count). The minimum absolute atomic E-state index is 0.00332. The van der Waals surface area contributed by atoms with Crippen molar-refractivity contribution >= 4 is 17.5 Å². The van der Waals surface area contributed by atoms with Crippen LogP contribution < -0.4 is 5.32 Å². The summed E-state index contributed by atoms with van der Waals surface area (Å²) in [7, 11) is 0. The van der Waals surface area contributed by atoms with Crippen LogP contribution in [0.1, 0.15) is 19.3 Å². The van der Waals surface area contributed by atoms with Crippen molar-refractivity contribution in [3.8, 4) is 0 Å². The Balaban J connectivity index is 2.44. The Bertz CT molecular complexity index is 218. The standard InChI is InChI=1S/C9H14ClNO2/c1-6(10)9(13)11-8-4-2-3-7(8)5-12/h7-8,12H,1-5H2,(H,11,13)/t7-,8-/m0/s1. The lowest BCUT2D eigenvalue weighted by Gasteiger charge is -2.18. The zero-order valence-corrected chi connectivity index (χ0v) is 8.18. The number of carbonyl (C=O) groups is 1. The number of amides is 1. The van der Waals surface area contributed by atoms with Gasteiger partial charge in [-0.25, -0.2) is 0 Å². The number of rotatable bonds is 3. The van der Waals surface area contributed by atoms with E-state index in [0.717, 1.165) is 19.3 Å². The third-order valence-corrected chi connectivity index (χ3v) is 2.63. The zero-order valence-electron chi connectivity index (χ0n) is 7.42. The average Bonchev–Trinajstić information content (AvgIpc) is 2.51. The van der Waals surface area contributed by atoms with E-state index >= 15 is 0 Å². The van der Waals surface area contributed by atoms with E-state index in [1.165, 1.54) is 0 Å². The number of hydrogen-bond acceptors (Lipinski definition) is 2. The van der Waals surface area contributed by atoms with Gasteiger partial charge in [0.25, 0.3) is 5.91 Å². The van der Waals surface area contributed by atoms with E-state index in [1.807, 2.05) is 0 Å². The van der Waals surface area contributed by atoms with Gasteiger partial charge in [-0.05, 0) is 12.8 Å². The molecule has 1 fully saturated rings. The summed E-state index contributed by atoms with van der Waals surface area (Å²) >= 11 is 5.43. The van der Waals surface area contributed by atoms with Gasteiger partial charge in [0, 0.05) is 18.6 Å². The number of carbonyl (C=O) groups excluding carboxylic acids is 1. The molecule has 3 nitrogen and oxygen atoms in total. The second-order valence-corrected chi connectivity index (χ2v) is 3.81. The van der Waals surface area contributed by atoms with E-state index in [0.29, 0.717) is 0 Å². The molecule has 0 aromatic carbocycles. The van der Waals surface area contributed by atoms with Crippen LogP contribution >= 0.6 is 11.6 Å². The predicted octanol–water partition coefficient (Wildman–Crippen LogP) is 1.02. The van der Waals surface area contributed by atoms with E-state index in [-0.39, 0.29) is 29.5 Å². The summed E-state index contributed by atoms with van der Waals surface area (Å²) in [5.41, 5.74) is 0. The van der Waals surface area contributed by atoms with Crippen molar-refractivity contribution in [1.29, 1.82) is 0 Å². The molecule has 0 spiro atoms. The van der Waals surface area contributed by atoms with Gasteiger partial charge in [-0.15, -0.1) is 0 Å². The fraction of sp³-hybridized carbons (Fsp3) is 0.667. The van der Waals surface area contributed by atoms with Gasteiger partial charge in [0.05, 0.1) is 5.03 Å². The Labute approximate surface area is 82.8 Å². The van der Waals surface area contributed by atoms with Crippen LogP contribution in [0.25, 0.3) is 0 Å². The zero-order chi connectivity index (χ0) is 9.84. The van der Waals surface area contributed by atoms with E-state index in [1.54, 1.807) is 0 Å². The minimum atomic E-state index is -0.327. The van der Waals surface area contributed by atoms with Gasteiger partial charge in [0.1, 0.15) is 0 Å². The Morgan fingerprint density at radius 1 is 1.62 bits per heavy atom. The number of nitrogens with one attached hydrogen (secondary N) is 1. The molecule has 1 aliphatic rings. The van der Waals surface area contributed by atoms with Crippen LogP contribution in [-0.4, -0.2) is 23.7 Å². The largest absolute Gasteiger partial charge is 0.396 e. The molecule has 1 saturated carbocycles. The molecule has 0 aromatic heterocycles. The quantitative estimate of drug-likeness (QED) is 0.673. The van der Waals surface area contributed by atoms with Crippen molar-refractivity contribution in [3.05, 3.63) is 11.6 Å². The fourth-order valence-corrected chi connectivity index (χ4v) is 1.75. The van der Waals surface area contributed by atoms with Gasteiger partial charge in [0.15, 0.2) is 0 Å². The van der Waals surface area contributed by atoms with Crippen LogP contribution in [0.15, 0.2) is 11.6 Å². The Hall–Kier alpha value is -0.540. The lowest BCUT2D eigenvalue weighted by atomic mass is 10.1. The number of aliphatic hydroxyl groups excluding tert-OH is 1.